The van der Waals surface area contributed by atoms with Crippen LogP contribution in [0.5, 0.6) is 0 Å². The Kier molecular flexibility index (Phi) is 17.7. The summed E-state index contributed by atoms with van der Waals surface area (Å²) < 4.78 is 46.2. The molecule has 0 aromatic heterocycles. The van der Waals surface area contributed by atoms with Crippen LogP contribution in [0, 0.1) is 29.6 Å². The normalized spacial score (nSPS) is 39.8. The molecule has 58 heavy (non-hydrogen) atoms. The lowest BCUT2D eigenvalue weighted by atomic mass is 9.81. The number of alkyl halides is 1. The summed E-state index contributed by atoms with van der Waals surface area (Å²) in [4.78, 5) is 57.7. The van der Waals surface area contributed by atoms with Crippen LogP contribution in [0.15, 0.2) is 23.3 Å². The molecule has 2 saturated heterocycles. The average Bonchev–Trinajstić information content (AvgIpc) is 3.20. The number of methoxy groups -OCH3 is 2. The van der Waals surface area contributed by atoms with Gasteiger partial charge in [0.05, 0.1) is 30.5 Å². The van der Waals surface area contributed by atoms with E-state index in [0.29, 0.717) is 44.1 Å². The third-order valence-electron chi connectivity index (χ3n) is 13.1. The summed E-state index contributed by atoms with van der Waals surface area (Å²) in [5, 5.41) is 22.9. The number of hydrogen-bond donors (Lipinski definition) is 2. The van der Waals surface area contributed by atoms with Crippen LogP contribution in [0.4, 0.5) is 4.39 Å². The summed E-state index contributed by atoms with van der Waals surface area (Å²) in [7, 11) is 2.92. The molecule has 3 heterocycles. The van der Waals surface area contributed by atoms with Crippen LogP contribution < -0.4 is 0 Å². The second kappa shape index (κ2) is 21.3. The summed E-state index contributed by atoms with van der Waals surface area (Å²) in [5.74, 6) is -7.87. The number of aliphatic hydroxyl groups excluding tert-OH is 1. The van der Waals surface area contributed by atoms with Crippen LogP contribution in [0.2, 0.25) is 0 Å². The Morgan fingerprint density at radius 1 is 0.983 bits per heavy atom. The first-order valence-electron chi connectivity index (χ1n) is 21.7. The molecule has 0 aromatic carbocycles. The minimum absolute atomic E-state index is 0.00356. The van der Waals surface area contributed by atoms with Crippen molar-refractivity contribution >= 4 is 23.4 Å². The topological polar surface area (TPSA) is 158 Å². The van der Waals surface area contributed by atoms with Crippen LogP contribution in [0.1, 0.15) is 126 Å². The van der Waals surface area contributed by atoms with E-state index >= 15 is 4.39 Å². The van der Waals surface area contributed by atoms with E-state index in [4.69, 9.17) is 23.7 Å². The fourth-order valence-corrected chi connectivity index (χ4v) is 9.56. The maximum Gasteiger partial charge on any atom is 0.329 e. The molecule has 14 atom stereocenters. The molecule has 13 heteroatoms. The van der Waals surface area contributed by atoms with Crippen molar-refractivity contribution in [3.63, 3.8) is 0 Å². The van der Waals surface area contributed by atoms with Crippen molar-refractivity contribution < 1.29 is 57.5 Å². The minimum atomic E-state index is -2.57. The van der Waals surface area contributed by atoms with Gasteiger partial charge in [0.15, 0.2) is 0 Å². The number of hydrogen-bond acceptors (Lipinski definition) is 11. The molecule has 3 aliphatic heterocycles. The van der Waals surface area contributed by atoms with E-state index in [-0.39, 0.29) is 62.1 Å². The largest absolute Gasteiger partial charge is 0.456 e. The number of cyclic esters (lactones) is 1. The van der Waals surface area contributed by atoms with Crippen molar-refractivity contribution in [1.29, 1.82) is 0 Å². The number of aliphatic hydroxyl groups is 2. The molecule has 1 saturated carbocycles. The zero-order chi connectivity index (χ0) is 43.1. The molecular formula is C45H72FNO11. The molecule has 0 radical (unpaired) electrons. The number of rotatable bonds is 7. The molecule has 330 valence electrons. The molecule has 1 aliphatic carbocycles. The number of halogens is 1. The predicted molar refractivity (Wildman–Crippen MR) is 216 cm³/mol. The van der Waals surface area contributed by atoms with Crippen molar-refractivity contribution in [1.82, 2.24) is 4.90 Å². The van der Waals surface area contributed by atoms with Gasteiger partial charge in [-0.25, -0.2) is 9.18 Å². The highest BCUT2D eigenvalue weighted by atomic mass is 19.1. The Bertz CT molecular complexity index is 1480. The van der Waals surface area contributed by atoms with E-state index in [0.717, 1.165) is 12.0 Å². The van der Waals surface area contributed by atoms with Gasteiger partial charge in [0.25, 0.3) is 11.7 Å². The summed E-state index contributed by atoms with van der Waals surface area (Å²) in [6.07, 6.45) is 2.75. The highest BCUT2D eigenvalue weighted by Gasteiger charge is 2.56. The quantitative estimate of drug-likeness (QED) is 0.171. The van der Waals surface area contributed by atoms with Crippen molar-refractivity contribution in [3.05, 3.63) is 23.3 Å². The van der Waals surface area contributed by atoms with Crippen LogP contribution in [-0.4, -0.2) is 120 Å². The Morgan fingerprint density at radius 3 is 2.28 bits per heavy atom. The first-order valence-corrected chi connectivity index (χ1v) is 21.7. The van der Waals surface area contributed by atoms with Crippen LogP contribution in [0.3, 0.4) is 0 Å². The lowest BCUT2D eigenvalue weighted by Gasteiger charge is -2.47. The van der Waals surface area contributed by atoms with Gasteiger partial charge < -0.3 is 38.8 Å². The highest BCUT2D eigenvalue weighted by molar-refractivity contribution is 6.39. The zero-order valence-corrected chi connectivity index (χ0v) is 36.6. The van der Waals surface area contributed by atoms with Gasteiger partial charge in [0.1, 0.15) is 30.2 Å². The number of fused-ring (bicyclic) bond motifs is 3. The molecule has 0 spiro atoms. The number of esters is 1. The number of amides is 1. The molecule has 4 aliphatic rings. The van der Waals surface area contributed by atoms with E-state index in [1.807, 2.05) is 40.7 Å². The Hall–Kier alpha value is -2.55. The maximum atomic E-state index is 16.2. The van der Waals surface area contributed by atoms with Crippen LogP contribution in [0.25, 0.3) is 0 Å². The predicted octanol–water partition coefficient (Wildman–Crippen LogP) is 6.23. The molecular weight excluding hydrogens is 749 g/mol. The summed E-state index contributed by atoms with van der Waals surface area (Å²) in [5.41, 5.74) is 1.18. The van der Waals surface area contributed by atoms with Gasteiger partial charge in [0, 0.05) is 39.0 Å². The van der Waals surface area contributed by atoms with Gasteiger partial charge in [-0.3, -0.25) is 14.4 Å². The number of Topliss-reactive ketones (excluding diaryl/α,β-unsaturated/α-hetero) is 2. The van der Waals surface area contributed by atoms with Gasteiger partial charge in [-0.1, -0.05) is 39.8 Å². The lowest BCUT2D eigenvalue weighted by molar-refractivity contribution is -0.302. The highest BCUT2D eigenvalue weighted by Crippen LogP contribution is 2.39. The third-order valence-corrected chi connectivity index (χ3v) is 13.1. The van der Waals surface area contributed by atoms with E-state index in [1.165, 1.54) is 19.1 Å². The fourth-order valence-electron chi connectivity index (χ4n) is 9.56. The fraction of sp³-hybridized carbons (Fsp3) is 0.822. The number of ketones is 2. The standard InChI is InChI=1S/C45H72FNO11/c1-11-32-21-27(5)39(46)28(6)22-37(54-9)41-38(55-10)23-30(8)45(53,58-41)42(50)43(51)47-19-13-12-14-33(47)44(52)57-40(26(4)15-17-34(32)48)29(7)20-31-16-18-36(35(49)24-31)56-25(2)3/h20-21,25-26,28,30-33,35-41,49,53H,11-19,22-24H2,1-10H3. The number of piperidine rings is 1. The van der Waals surface area contributed by atoms with Crippen molar-refractivity contribution in [2.45, 2.75) is 187 Å². The van der Waals surface area contributed by atoms with Gasteiger partial charge in [-0.05, 0) is 121 Å². The molecule has 1 amide bonds. The first-order chi connectivity index (χ1) is 27.4. The number of ether oxygens (including phenoxy) is 5. The van der Waals surface area contributed by atoms with Gasteiger partial charge >= 0.3 is 5.97 Å². The molecule has 2 N–H and O–H groups in total. The van der Waals surface area contributed by atoms with E-state index < -0.39 is 83.9 Å². The third kappa shape index (κ3) is 11.4. The second-order valence-electron chi connectivity index (χ2n) is 18.0. The van der Waals surface area contributed by atoms with Crippen molar-refractivity contribution in [2.75, 3.05) is 20.8 Å². The zero-order valence-electron chi connectivity index (χ0n) is 36.6. The van der Waals surface area contributed by atoms with Gasteiger partial charge in [0.2, 0.25) is 5.79 Å². The second-order valence-corrected chi connectivity index (χ2v) is 18.0. The van der Waals surface area contributed by atoms with E-state index in [1.54, 1.807) is 26.8 Å². The number of nitrogens with zero attached hydrogens (tertiary/aromatic N) is 1. The maximum absolute atomic E-state index is 16.2. The molecule has 2 bridgehead atoms. The minimum Gasteiger partial charge on any atom is -0.456 e. The average molecular weight is 822 g/mol. The Morgan fingerprint density at radius 2 is 1.66 bits per heavy atom. The van der Waals surface area contributed by atoms with E-state index in [2.05, 4.69) is 0 Å². The number of allylic oxidation sites excluding steroid dienone is 3. The molecule has 0 aromatic rings. The Balaban J connectivity index is 1.74. The summed E-state index contributed by atoms with van der Waals surface area (Å²) in [6.45, 7) is 14.7. The van der Waals surface area contributed by atoms with Crippen LogP contribution >= 0.6 is 0 Å². The van der Waals surface area contributed by atoms with Gasteiger partial charge in [-0.2, -0.15) is 0 Å². The first kappa shape index (κ1) is 48.1. The molecule has 12 nitrogen and oxygen atoms in total. The smallest absolute Gasteiger partial charge is 0.329 e. The summed E-state index contributed by atoms with van der Waals surface area (Å²) in [6, 6.07) is -1.09. The van der Waals surface area contributed by atoms with Gasteiger partial charge in [-0.15, -0.1) is 0 Å². The monoisotopic (exact) mass is 822 g/mol. The number of carbonyl (C=O) groups excluding carboxylic acids is 4. The number of carbonyl (C=O) groups is 4. The van der Waals surface area contributed by atoms with Crippen molar-refractivity contribution in [3.8, 4) is 0 Å². The molecule has 14 unspecified atom stereocenters. The van der Waals surface area contributed by atoms with Crippen molar-refractivity contribution in [2.24, 2.45) is 29.6 Å². The van der Waals surface area contributed by atoms with Crippen LogP contribution in [-0.2, 0) is 42.9 Å². The Labute approximate surface area is 345 Å². The SMILES string of the molecule is CCC1C=C(C)C(F)C(C)CC(OC)C2OC(O)(C(=O)C(=O)N3CCCCC3C(=O)OC(C(C)=CC3CCC(OC(C)C)C(O)C3)C(C)CCC1=O)C(C)CC2OC. The lowest BCUT2D eigenvalue weighted by Crippen LogP contribution is -2.64. The van der Waals surface area contributed by atoms with E-state index in [9.17, 15) is 29.4 Å². The molecule has 4 rings (SSSR count). The molecule has 3 fully saturated rings. The summed E-state index contributed by atoms with van der Waals surface area (Å²) >= 11 is 0.